The van der Waals surface area contributed by atoms with Crippen LogP contribution in [-0.4, -0.2) is 88.1 Å². The second kappa shape index (κ2) is 12.9. The summed E-state index contributed by atoms with van der Waals surface area (Å²) >= 11 is 0. The van der Waals surface area contributed by atoms with Crippen molar-refractivity contribution in [3.63, 3.8) is 0 Å². The van der Waals surface area contributed by atoms with Gasteiger partial charge in [0, 0.05) is 66.9 Å². The Morgan fingerprint density at radius 1 is 1.06 bits per heavy atom. The number of fused-ring (bicyclic) bond motifs is 1. The molecule has 3 saturated heterocycles. The van der Waals surface area contributed by atoms with E-state index in [9.17, 15) is 18.3 Å². The summed E-state index contributed by atoms with van der Waals surface area (Å²) in [6.45, 7) is 14.0. The molecular weight excluding hydrogens is 627 g/mol. The number of carbonyl (C=O) groups is 1. The van der Waals surface area contributed by atoms with Crippen molar-refractivity contribution in [3.05, 3.63) is 54.9 Å². The monoisotopic (exact) mass is 675 g/mol. The van der Waals surface area contributed by atoms with Crippen LogP contribution in [0.25, 0.3) is 10.8 Å². The molecule has 12 heteroatoms. The number of aromatic nitrogens is 3. The average molecular weight is 676 g/mol. The first kappa shape index (κ1) is 34.1. The van der Waals surface area contributed by atoms with Gasteiger partial charge in [-0.1, -0.05) is 25.5 Å². The van der Waals surface area contributed by atoms with E-state index in [0.29, 0.717) is 50.1 Å². The van der Waals surface area contributed by atoms with E-state index in [1.165, 1.54) is 12.3 Å². The molecule has 258 valence electrons. The van der Waals surface area contributed by atoms with Gasteiger partial charge in [-0.3, -0.25) is 4.79 Å². The van der Waals surface area contributed by atoms with Gasteiger partial charge < -0.3 is 25.1 Å². The summed E-state index contributed by atoms with van der Waals surface area (Å²) in [5, 5.41) is 15.7. The second-order valence-electron chi connectivity index (χ2n) is 14.7. The van der Waals surface area contributed by atoms with Crippen LogP contribution in [0.3, 0.4) is 0 Å². The number of benzene rings is 1. The number of aliphatic hydroxyl groups is 1. The number of carbonyl (C=O) groups excluding carboxylic acids is 1. The fourth-order valence-corrected chi connectivity index (χ4v) is 9.45. The highest BCUT2D eigenvalue weighted by Crippen LogP contribution is 2.49. The third kappa shape index (κ3) is 6.74. The molecule has 1 amide bonds. The summed E-state index contributed by atoms with van der Waals surface area (Å²) in [6.07, 6.45) is 11.5. The third-order valence-electron chi connectivity index (χ3n) is 10.8. The number of anilines is 4. The second-order valence-corrected chi connectivity index (χ2v) is 16.9. The molecule has 11 nitrogen and oxygen atoms in total. The first-order chi connectivity index (χ1) is 22.7. The molecule has 0 radical (unpaired) electrons. The summed E-state index contributed by atoms with van der Waals surface area (Å²) in [5.41, 5.74) is 0.994. The molecular formula is C36H49N7O4S. The molecule has 3 aliphatic rings. The molecule has 3 aromatic rings. The smallest absolute Gasteiger partial charge is 0.246 e. The standard InChI is InChI=1S/C36H49N7O4S/c1-7-33(44)42-18-10-8-9-11-29(42)25-12-13-30(43-24(2)28(35(43,3)4)23-48(6,46)47)27-22-38-32(21-26(25)27)39-31-14-17-37-34(40-31)41-19-15-36(5,45)16-20-41/h7,12-14,17,21-22,24,28-29,45H,1,8-11,15-16,18-20,23H2,2-6H3,(H,37,38,39,40)/t24-,28-,29+/m1/s1. The predicted molar refractivity (Wildman–Crippen MR) is 191 cm³/mol. The molecule has 3 aliphatic heterocycles. The molecule has 0 aliphatic carbocycles. The van der Waals surface area contributed by atoms with E-state index >= 15 is 0 Å². The topological polar surface area (TPSA) is 132 Å². The number of piperidine rings is 1. The Morgan fingerprint density at radius 2 is 1.81 bits per heavy atom. The first-order valence-electron chi connectivity index (χ1n) is 17.1. The number of sulfone groups is 1. The summed E-state index contributed by atoms with van der Waals surface area (Å²) < 4.78 is 24.6. The zero-order valence-electron chi connectivity index (χ0n) is 28.8. The number of hydrogen-bond acceptors (Lipinski definition) is 10. The SMILES string of the molecule is C=CC(=O)N1CCCCC[C@H]1c1ccc(N2[C@H](C)[C@@H](CS(C)(=O)=O)C2(C)C)c2cnc(Nc3ccnc(N4CCC(C)(O)CC4)n3)cc12. The van der Waals surface area contributed by atoms with Crippen LogP contribution in [0.15, 0.2) is 49.3 Å². The normalized spacial score (nSPS) is 24.1. The van der Waals surface area contributed by atoms with Crippen molar-refractivity contribution < 1.29 is 18.3 Å². The van der Waals surface area contributed by atoms with E-state index in [-0.39, 0.29) is 35.2 Å². The summed E-state index contributed by atoms with van der Waals surface area (Å²) in [4.78, 5) is 33.6. The molecule has 2 aromatic heterocycles. The van der Waals surface area contributed by atoms with Gasteiger partial charge in [0.05, 0.1) is 17.4 Å². The molecule has 3 fully saturated rings. The molecule has 0 unspecified atom stereocenters. The highest BCUT2D eigenvalue weighted by Gasteiger charge is 2.53. The van der Waals surface area contributed by atoms with Gasteiger partial charge in [-0.25, -0.2) is 18.4 Å². The minimum atomic E-state index is -3.15. The van der Waals surface area contributed by atoms with Crippen molar-refractivity contribution in [1.29, 1.82) is 0 Å². The maximum atomic E-state index is 13.1. The fraction of sp³-hybridized carbons (Fsp3) is 0.556. The third-order valence-corrected chi connectivity index (χ3v) is 11.7. The van der Waals surface area contributed by atoms with E-state index in [1.807, 2.05) is 30.2 Å². The number of nitrogens with zero attached hydrogens (tertiary/aromatic N) is 6. The summed E-state index contributed by atoms with van der Waals surface area (Å²) in [5.74, 6) is 1.89. The van der Waals surface area contributed by atoms with Crippen molar-refractivity contribution in [2.75, 3.05) is 46.8 Å². The number of amides is 1. The van der Waals surface area contributed by atoms with Gasteiger partial charge in [0.15, 0.2) is 0 Å². The first-order valence-corrected chi connectivity index (χ1v) is 19.1. The van der Waals surface area contributed by atoms with Crippen LogP contribution >= 0.6 is 0 Å². The Labute approximate surface area is 284 Å². The number of hydrogen-bond donors (Lipinski definition) is 2. The number of pyridine rings is 1. The molecule has 2 N–H and O–H groups in total. The van der Waals surface area contributed by atoms with Gasteiger partial charge in [-0.2, -0.15) is 4.98 Å². The van der Waals surface area contributed by atoms with Crippen LogP contribution in [0.1, 0.15) is 77.8 Å². The van der Waals surface area contributed by atoms with Gasteiger partial charge >= 0.3 is 0 Å². The lowest BCUT2D eigenvalue weighted by Gasteiger charge is -2.62. The van der Waals surface area contributed by atoms with E-state index in [4.69, 9.17) is 9.97 Å². The quantitative estimate of drug-likeness (QED) is 0.299. The number of nitrogens with one attached hydrogen (secondary N) is 1. The zero-order valence-corrected chi connectivity index (χ0v) is 29.6. The van der Waals surface area contributed by atoms with Crippen molar-refractivity contribution in [3.8, 4) is 0 Å². The summed E-state index contributed by atoms with van der Waals surface area (Å²) in [6, 6.07) is 8.01. The molecule has 6 rings (SSSR count). The Kier molecular flexibility index (Phi) is 9.18. The minimum absolute atomic E-state index is 0.0104. The van der Waals surface area contributed by atoms with Crippen molar-refractivity contribution in [2.24, 2.45) is 5.92 Å². The van der Waals surface area contributed by atoms with Crippen molar-refractivity contribution >= 4 is 49.8 Å². The Morgan fingerprint density at radius 3 is 2.50 bits per heavy atom. The lowest BCUT2D eigenvalue weighted by Crippen LogP contribution is -2.71. The Hall–Kier alpha value is -3.77. The van der Waals surface area contributed by atoms with Crippen LogP contribution in [0.2, 0.25) is 0 Å². The van der Waals surface area contributed by atoms with E-state index in [1.54, 1.807) is 6.20 Å². The molecule has 5 heterocycles. The fourth-order valence-electron chi connectivity index (χ4n) is 8.11. The molecule has 48 heavy (non-hydrogen) atoms. The van der Waals surface area contributed by atoms with Gasteiger partial charge in [0.25, 0.3) is 0 Å². The van der Waals surface area contributed by atoms with Crippen LogP contribution < -0.4 is 15.1 Å². The van der Waals surface area contributed by atoms with E-state index in [2.05, 4.69) is 59.6 Å². The average Bonchev–Trinajstić information content (AvgIpc) is 3.29. The maximum absolute atomic E-state index is 13.1. The largest absolute Gasteiger partial charge is 0.390 e. The number of likely N-dealkylation sites (tertiary alicyclic amines) is 1. The minimum Gasteiger partial charge on any atom is -0.390 e. The lowest BCUT2D eigenvalue weighted by atomic mass is 9.71. The predicted octanol–water partition coefficient (Wildman–Crippen LogP) is 5.40. The van der Waals surface area contributed by atoms with Crippen LogP contribution in [0, 0.1) is 5.92 Å². The Balaban J connectivity index is 1.40. The Bertz CT molecular complexity index is 1800. The van der Waals surface area contributed by atoms with E-state index < -0.39 is 15.4 Å². The molecule has 0 spiro atoms. The van der Waals surface area contributed by atoms with Crippen molar-refractivity contribution in [2.45, 2.75) is 89.4 Å². The molecule has 1 aromatic carbocycles. The highest BCUT2D eigenvalue weighted by atomic mass is 32.2. The van der Waals surface area contributed by atoms with Crippen LogP contribution in [-0.2, 0) is 14.6 Å². The van der Waals surface area contributed by atoms with Crippen LogP contribution in [0.4, 0.5) is 23.3 Å². The van der Waals surface area contributed by atoms with Crippen molar-refractivity contribution in [1.82, 2.24) is 19.9 Å². The van der Waals surface area contributed by atoms with Gasteiger partial charge in [0.2, 0.25) is 11.9 Å². The molecule has 0 saturated carbocycles. The van der Waals surface area contributed by atoms with Crippen LogP contribution in [0.5, 0.6) is 0 Å². The van der Waals surface area contributed by atoms with Gasteiger partial charge in [-0.05, 0) is 88.6 Å². The maximum Gasteiger partial charge on any atom is 0.246 e. The number of rotatable bonds is 8. The van der Waals surface area contributed by atoms with Gasteiger partial charge in [0.1, 0.15) is 21.5 Å². The zero-order chi connectivity index (χ0) is 34.4. The lowest BCUT2D eigenvalue weighted by molar-refractivity contribution is -0.128. The highest BCUT2D eigenvalue weighted by molar-refractivity contribution is 7.90. The molecule has 0 bridgehead atoms. The van der Waals surface area contributed by atoms with E-state index in [0.717, 1.165) is 47.7 Å². The molecule has 3 atom stereocenters. The summed E-state index contributed by atoms with van der Waals surface area (Å²) in [7, 11) is -3.15. The van der Waals surface area contributed by atoms with Gasteiger partial charge in [-0.15, -0.1) is 0 Å².